The lowest BCUT2D eigenvalue weighted by Crippen LogP contribution is -2.72. The van der Waals surface area contributed by atoms with E-state index in [2.05, 4.69) is 29.7 Å². The summed E-state index contributed by atoms with van der Waals surface area (Å²) in [5.74, 6) is 0.526. The molecule has 0 aromatic heterocycles. The Bertz CT molecular complexity index is 1400. The van der Waals surface area contributed by atoms with Crippen LogP contribution in [-0.2, 0) is 4.79 Å². The lowest BCUT2D eigenvalue weighted by Gasteiger charge is -2.56. The summed E-state index contributed by atoms with van der Waals surface area (Å²) in [7, 11) is 0. The Labute approximate surface area is 224 Å². The van der Waals surface area contributed by atoms with Gasteiger partial charge < -0.3 is 20.1 Å². The maximum absolute atomic E-state index is 14.1. The second-order valence-electron chi connectivity index (χ2n) is 10.1. The molecule has 0 unspecified atom stereocenters. The van der Waals surface area contributed by atoms with E-state index in [1.54, 1.807) is 0 Å². The van der Waals surface area contributed by atoms with Gasteiger partial charge in [0.25, 0.3) is 0 Å². The number of hydrogen-bond acceptors (Lipinski definition) is 4. The standard InChI is InChI=1S/C30H33N3O3S/c1-7-35-24-10-8-9-21-26-25(28(34)31-22-13-11-17(2)15-19(22)4)30(6,36-27(21)24)33(29(37)32-26)23-14-12-18(3)16-20(23)5/h8-16,25-26H,7H2,1-6H3,(H,31,34)(H,32,37)/t25-,26+,30-/m0/s1. The maximum atomic E-state index is 14.1. The van der Waals surface area contributed by atoms with Gasteiger partial charge in [0, 0.05) is 16.9 Å². The van der Waals surface area contributed by atoms with Crippen molar-refractivity contribution in [2.45, 2.75) is 53.3 Å². The molecule has 6 nitrogen and oxygen atoms in total. The highest BCUT2D eigenvalue weighted by molar-refractivity contribution is 7.80. The molecule has 1 fully saturated rings. The molecule has 2 bridgehead atoms. The number of hydrogen-bond donors (Lipinski definition) is 2. The third kappa shape index (κ3) is 4.21. The monoisotopic (exact) mass is 515 g/mol. The van der Waals surface area contributed by atoms with Crippen LogP contribution in [0.5, 0.6) is 11.5 Å². The van der Waals surface area contributed by atoms with Crippen LogP contribution in [0, 0.1) is 33.6 Å². The highest BCUT2D eigenvalue weighted by Crippen LogP contribution is 2.53. The minimum absolute atomic E-state index is 0.142. The summed E-state index contributed by atoms with van der Waals surface area (Å²) >= 11 is 5.92. The quantitative estimate of drug-likeness (QED) is 0.399. The van der Waals surface area contributed by atoms with Crippen LogP contribution in [0.1, 0.15) is 47.7 Å². The normalized spacial score (nSPS) is 22.0. The zero-order valence-electron chi connectivity index (χ0n) is 22.1. The van der Waals surface area contributed by atoms with E-state index < -0.39 is 17.7 Å². The molecule has 2 aliphatic rings. The van der Waals surface area contributed by atoms with Crippen LogP contribution in [0.3, 0.4) is 0 Å². The summed E-state index contributed by atoms with van der Waals surface area (Å²) in [5.41, 5.74) is 5.77. The van der Waals surface area contributed by atoms with Crippen molar-refractivity contribution in [3.8, 4) is 11.5 Å². The van der Waals surface area contributed by atoms with Crippen molar-refractivity contribution in [1.29, 1.82) is 0 Å². The number of thiocarbonyl (C=S) groups is 1. The van der Waals surface area contributed by atoms with Crippen LogP contribution in [0.4, 0.5) is 11.4 Å². The molecule has 3 aromatic rings. The largest absolute Gasteiger partial charge is 0.490 e. The number of para-hydroxylation sites is 1. The van der Waals surface area contributed by atoms with E-state index in [0.29, 0.717) is 23.2 Å². The Balaban J connectivity index is 1.66. The molecule has 0 radical (unpaired) electrons. The smallest absolute Gasteiger partial charge is 0.236 e. The van der Waals surface area contributed by atoms with Crippen LogP contribution in [-0.4, -0.2) is 23.4 Å². The Morgan fingerprint density at radius 1 is 1.08 bits per heavy atom. The average molecular weight is 516 g/mol. The van der Waals surface area contributed by atoms with Crippen molar-refractivity contribution in [3.05, 3.63) is 82.4 Å². The fourth-order valence-corrected chi connectivity index (χ4v) is 6.03. The van der Waals surface area contributed by atoms with Crippen LogP contribution in [0.2, 0.25) is 0 Å². The molecule has 1 saturated heterocycles. The number of benzene rings is 3. The highest BCUT2D eigenvalue weighted by atomic mass is 32.1. The number of amides is 1. The third-order valence-electron chi connectivity index (χ3n) is 7.30. The summed E-state index contributed by atoms with van der Waals surface area (Å²) in [5, 5.41) is 7.19. The second kappa shape index (κ2) is 9.38. The van der Waals surface area contributed by atoms with Crippen molar-refractivity contribution in [2.24, 2.45) is 5.92 Å². The molecular weight excluding hydrogens is 482 g/mol. The number of fused-ring (bicyclic) bond motifs is 4. The van der Waals surface area contributed by atoms with E-state index in [-0.39, 0.29) is 5.91 Å². The minimum Gasteiger partial charge on any atom is -0.490 e. The van der Waals surface area contributed by atoms with Crippen molar-refractivity contribution >= 4 is 34.6 Å². The zero-order valence-corrected chi connectivity index (χ0v) is 23.0. The molecule has 0 saturated carbocycles. The molecule has 5 rings (SSSR count). The molecule has 0 spiro atoms. The van der Waals surface area contributed by atoms with Gasteiger partial charge in [-0.25, -0.2) is 0 Å². The fraction of sp³-hybridized carbons (Fsp3) is 0.333. The molecule has 7 heteroatoms. The van der Waals surface area contributed by atoms with E-state index in [4.69, 9.17) is 21.7 Å². The Hall–Kier alpha value is -3.58. The van der Waals surface area contributed by atoms with Gasteiger partial charge in [-0.15, -0.1) is 0 Å². The van der Waals surface area contributed by atoms with Gasteiger partial charge >= 0.3 is 0 Å². The van der Waals surface area contributed by atoms with Crippen molar-refractivity contribution in [3.63, 3.8) is 0 Å². The topological polar surface area (TPSA) is 62.8 Å². The van der Waals surface area contributed by atoms with Crippen LogP contribution >= 0.6 is 12.2 Å². The van der Waals surface area contributed by atoms with Gasteiger partial charge in [0.2, 0.25) is 5.91 Å². The number of ether oxygens (including phenoxy) is 2. The van der Waals surface area contributed by atoms with Crippen LogP contribution in [0.15, 0.2) is 54.6 Å². The Morgan fingerprint density at radius 2 is 1.78 bits per heavy atom. The molecular formula is C30H33N3O3S. The Morgan fingerprint density at radius 3 is 2.46 bits per heavy atom. The van der Waals surface area contributed by atoms with Gasteiger partial charge in [-0.2, -0.15) is 0 Å². The maximum Gasteiger partial charge on any atom is 0.236 e. The van der Waals surface area contributed by atoms with Gasteiger partial charge in [-0.05, 0) is 83.1 Å². The molecule has 2 N–H and O–H groups in total. The predicted molar refractivity (Wildman–Crippen MR) is 152 cm³/mol. The lowest BCUT2D eigenvalue weighted by atomic mass is 9.78. The van der Waals surface area contributed by atoms with Gasteiger partial charge in [0.05, 0.1) is 12.6 Å². The number of nitrogens with zero attached hydrogens (tertiary/aromatic N) is 1. The van der Waals surface area contributed by atoms with Crippen LogP contribution in [0.25, 0.3) is 0 Å². The van der Waals surface area contributed by atoms with Crippen molar-refractivity contribution in [1.82, 2.24) is 5.32 Å². The molecule has 3 aromatic carbocycles. The lowest BCUT2D eigenvalue weighted by molar-refractivity contribution is -0.130. The summed E-state index contributed by atoms with van der Waals surface area (Å²) in [4.78, 5) is 16.1. The van der Waals surface area contributed by atoms with E-state index in [0.717, 1.165) is 39.2 Å². The summed E-state index contributed by atoms with van der Waals surface area (Å²) < 4.78 is 12.8. The highest BCUT2D eigenvalue weighted by Gasteiger charge is 2.59. The van der Waals surface area contributed by atoms with E-state index in [1.165, 1.54) is 0 Å². The molecule has 0 aliphatic carbocycles. The average Bonchev–Trinajstić information content (AvgIpc) is 2.82. The summed E-state index contributed by atoms with van der Waals surface area (Å²) in [6.07, 6.45) is 0. The van der Waals surface area contributed by atoms with Gasteiger partial charge in [0.15, 0.2) is 22.3 Å². The zero-order chi connectivity index (χ0) is 26.5. The first kappa shape index (κ1) is 25.1. The number of aryl methyl sites for hydroxylation is 4. The van der Waals surface area contributed by atoms with Crippen LogP contribution < -0.4 is 25.0 Å². The van der Waals surface area contributed by atoms with Gasteiger partial charge in [0.1, 0.15) is 5.92 Å². The van der Waals surface area contributed by atoms with E-state index in [1.807, 2.05) is 82.0 Å². The molecule has 3 atom stereocenters. The van der Waals surface area contributed by atoms with Gasteiger partial charge in [-0.3, -0.25) is 9.69 Å². The van der Waals surface area contributed by atoms with E-state index in [9.17, 15) is 4.79 Å². The van der Waals surface area contributed by atoms with Crippen molar-refractivity contribution < 1.29 is 14.3 Å². The summed E-state index contributed by atoms with van der Waals surface area (Å²) in [6.45, 7) is 12.5. The van der Waals surface area contributed by atoms with E-state index >= 15 is 0 Å². The first-order chi connectivity index (χ1) is 17.6. The number of anilines is 2. The minimum atomic E-state index is -1.12. The predicted octanol–water partition coefficient (Wildman–Crippen LogP) is 6.12. The molecule has 2 heterocycles. The number of nitrogens with one attached hydrogen (secondary N) is 2. The molecule has 37 heavy (non-hydrogen) atoms. The first-order valence-corrected chi connectivity index (χ1v) is 13.1. The molecule has 2 aliphatic heterocycles. The summed E-state index contributed by atoms with van der Waals surface area (Å²) in [6, 6.07) is 17.6. The molecule has 1 amide bonds. The first-order valence-electron chi connectivity index (χ1n) is 12.6. The second-order valence-corrected chi connectivity index (χ2v) is 10.5. The number of carbonyl (C=O) groups is 1. The Kier molecular flexibility index (Phi) is 6.36. The number of rotatable bonds is 5. The SMILES string of the molecule is CCOc1cccc2c1O[C@@]1(C)[C@H](C(=O)Nc3ccc(C)cc3C)[C@@H]2NC(=S)N1c1ccc(C)cc1C. The fourth-order valence-electron chi connectivity index (χ4n) is 5.62. The van der Waals surface area contributed by atoms with Crippen molar-refractivity contribution in [2.75, 3.05) is 16.8 Å². The number of carbonyl (C=O) groups excluding carboxylic acids is 1. The van der Waals surface area contributed by atoms with Gasteiger partial charge in [-0.1, -0.05) is 47.5 Å². The molecule has 192 valence electrons. The third-order valence-corrected chi connectivity index (χ3v) is 7.61.